The van der Waals surface area contributed by atoms with Crippen LogP contribution in [0, 0.1) is 15.9 Å². The zero-order valence-corrected chi connectivity index (χ0v) is 8.34. The van der Waals surface area contributed by atoms with Crippen molar-refractivity contribution in [3.05, 3.63) is 33.1 Å². The van der Waals surface area contributed by atoms with Gasteiger partial charge >= 0.3 is 5.69 Å². The van der Waals surface area contributed by atoms with Gasteiger partial charge in [0.2, 0.25) is 11.7 Å². The van der Waals surface area contributed by atoms with E-state index in [9.17, 15) is 19.3 Å². The highest BCUT2D eigenvalue weighted by molar-refractivity contribution is 6.33. The molecule has 0 spiro atoms. The van der Waals surface area contributed by atoms with Crippen molar-refractivity contribution < 1.29 is 14.1 Å². The summed E-state index contributed by atoms with van der Waals surface area (Å²) >= 11 is 5.57. The Bertz CT molecular complexity index is 436. The Morgan fingerprint density at radius 1 is 1.60 bits per heavy atom. The summed E-state index contributed by atoms with van der Waals surface area (Å²) in [6.45, 7) is 1.15. The molecule has 1 aromatic rings. The second-order valence-electron chi connectivity index (χ2n) is 2.69. The van der Waals surface area contributed by atoms with Crippen molar-refractivity contribution in [2.75, 3.05) is 5.32 Å². The number of nitrogens with zero attached hydrogens (tertiary/aromatic N) is 1. The largest absolute Gasteiger partial charge is 0.322 e. The number of nitrogens with one attached hydrogen (secondary N) is 1. The van der Waals surface area contributed by atoms with E-state index >= 15 is 0 Å². The first-order valence-electron chi connectivity index (χ1n) is 3.83. The van der Waals surface area contributed by atoms with E-state index in [1.807, 2.05) is 0 Å². The van der Waals surface area contributed by atoms with Crippen LogP contribution in [0.1, 0.15) is 6.92 Å². The summed E-state index contributed by atoms with van der Waals surface area (Å²) in [5.74, 6) is -1.71. The van der Waals surface area contributed by atoms with Crippen molar-refractivity contribution in [1.82, 2.24) is 0 Å². The minimum Gasteiger partial charge on any atom is -0.322 e. The number of nitro benzene ring substituents is 1. The molecular formula is C8H6ClFN2O3. The Labute approximate surface area is 89.0 Å². The molecule has 0 unspecified atom stereocenters. The van der Waals surface area contributed by atoms with Crippen LogP contribution >= 0.6 is 11.6 Å². The fourth-order valence-electron chi connectivity index (χ4n) is 0.973. The first-order valence-corrected chi connectivity index (χ1v) is 4.21. The second kappa shape index (κ2) is 4.22. The fourth-order valence-corrected chi connectivity index (χ4v) is 1.17. The maximum absolute atomic E-state index is 13.4. The monoisotopic (exact) mass is 232 g/mol. The third-order valence-corrected chi connectivity index (χ3v) is 1.88. The normalized spacial score (nSPS) is 9.80. The molecule has 80 valence electrons. The van der Waals surface area contributed by atoms with E-state index in [4.69, 9.17) is 11.6 Å². The number of carbonyl (C=O) groups is 1. The van der Waals surface area contributed by atoms with Gasteiger partial charge in [0.05, 0.1) is 9.95 Å². The molecule has 0 saturated heterocycles. The third-order valence-electron chi connectivity index (χ3n) is 1.57. The average Bonchev–Trinajstić information content (AvgIpc) is 2.11. The van der Waals surface area contributed by atoms with Crippen molar-refractivity contribution in [1.29, 1.82) is 0 Å². The van der Waals surface area contributed by atoms with Crippen LogP contribution in [0.4, 0.5) is 15.8 Å². The summed E-state index contributed by atoms with van der Waals surface area (Å²) < 4.78 is 13.4. The first-order chi connectivity index (χ1) is 6.93. The van der Waals surface area contributed by atoms with Crippen LogP contribution in [0.15, 0.2) is 12.1 Å². The van der Waals surface area contributed by atoms with E-state index < -0.39 is 22.3 Å². The van der Waals surface area contributed by atoms with Gasteiger partial charge in [-0.2, -0.15) is 4.39 Å². The summed E-state index contributed by atoms with van der Waals surface area (Å²) in [4.78, 5) is 20.2. The molecule has 15 heavy (non-hydrogen) atoms. The molecule has 0 heterocycles. The molecule has 1 N–H and O–H groups in total. The highest BCUT2D eigenvalue weighted by Crippen LogP contribution is 2.31. The van der Waals surface area contributed by atoms with Gasteiger partial charge in [0.15, 0.2) is 0 Å². The summed E-state index contributed by atoms with van der Waals surface area (Å²) in [5, 5.41) is 12.4. The number of carbonyl (C=O) groups excluding carboxylic acids is 1. The van der Waals surface area contributed by atoms with Crippen molar-refractivity contribution in [2.45, 2.75) is 6.92 Å². The standard InChI is InChI=1S/C8H6ClFN2O3/c1-4(13)11-8-5(9)2-3-6(7(8)10)12(14)15/h2-3H,1H3,(H,11,13). The smallest absolute Gasteiger partial charge is 0.307 e. The molecule has 0 aliphatic heterocycles. The Kier molecular flexibility index (Phi) is 3.21. The molecule has 5 nitrogen and oxygen atoms in total. The summed E-state index contributed by atoms with van der Waals surface area (Å²) in [6, 6.07) is 2.08. The topological polar surface area (TPSA) is 72.2 Å². The lowest BCUT2D eigenvalue weighted by atomic mass is 10.2. The van der Waals surface area contributed by atoms with E-state index in [2.05, 4.69) is 5.32 Å². The van der Waals surface area contributed by atoms with Gasteiger partial charge in [-0.25, -0.2) is 0 Å². The molecule has 0 aromatic heterocycles. The summed E-state index contributed by atoms with van der Waals surface area (Å²) in [6.07, 6.45) is 0. The Hall–Kier alpha value is -1.69. The van der Waals surface area contributed by atoms with Gasteiger partial charge in [0.25, 0.3) is 0 Å². The van der Waals surface area contributed by atoms with Gasteiger partial charge in [-0.3, -0.25) is 14.9 Å². The quantitative estimate of drug-likeness (QED) is 0.628. The zero-order chi connectivity index (χ0) is 11.6. The van der Waals surface area contributed by atoms with Gasteiger partial charge in [-0.15, -0.1) is 0 Å². The van der Waals surface area contributed by atoms with Gasteiger partial charge < -0.3 is 5.32 Å². The lowest BCUT2D eigenvalue weighted by Crippen LogP contribution is -2.09. The number of halogens is 2. The number of hydrogen-bond acceptors (Lipinski definition) is 3. The van der Waals surface area contributed by atoms with Crippen LogP contribution in [0.2, 0.25) is 5.02 Å². The van der Waals surface area contributed by atoms with Crippen LogP contribution in [0.25, 0.3) is 0 Å². The molecule has 0 aliphatic carbocycles. The Balaban J connectivity index is 3.29. The fraction of sp³-hybridized carbons (Fsp3) is 0.125. The van der Waals surface area contributed by atoms with E-state index in [0.717, 1.165) is 19.1 Å². The van der Waals surface area contributed by atoms with E-state index in [1.54, 1.807) is 0 Å². The molecule has 0 fully saturated rings. The zero-order valence-electron chi connectivity index (χ0n) is 7.58. The summed E-state index contributed by atoms with van der Waals surface area (Å²) in [7, 11) is 0. The molecular weight excluding hydrogens is 227 g/mol. The van der Waals surface area contributed by atoms with Crippen LogP contribution in [-0.4, -0.2) is 10.8 Å². The van der Waals surface area contributed by atoms with Crippen molar-refractivity contribution >= 4 is 28.9 Å². The molecule has 1 amide bonds. The minimum absolute atomic E-state index is 0.0895. The van der Waals surface area contributed by atoms with Crippen LogP contribution in [0.3, 0.4) is 0 Å². The number of anilines is 1. The van der Waals surface area contributed by atoms with Gasteiger partial charge in [-0.05, 0) is 6.07 Å². The molecule has 0 aliphatic rings. The highest BCUT2D eigenvalue weighted by Gasteiger charge is 2.20. The van der Waals surface area contributed by atoms with Gasteiger partial charge in [0.1, 0.15) is 5.69 Å². The van der Waals surface area contributed by atoms with Crippen LogP contribution < -0.4 is 5.32 Å². The summed E-state index contributed by atoms with van der Waals surface area (Å²) in [5.41, 5.74) is -1.11. The first kappa shape index (κ1) is 11.4. The van der Waals surface area contributed by atoms with E-state index in [-0.39, 0.29) is 10.7 Å². The second-order valence-corrected chi connectivity index (χ2v) is 3.10. The number of benzene rings is 1. The molecule has 0 radical (unpaired) electrons. The highest BCUT2D eigenvalue weighted by atomic mass is 35.5. The molecule has 1 aromatic carbocycles. The van der Waals surface area contributed by atoms with E-state index in [0.29, 0.717) is 0 Å². The predicted octanol–water partition coefficient (Wildman–Crippen LogP) is 2.35. The predicted molar refractivity (Wildman–Crippen MR) is 52.4 cm³/mol. The minimum atomic E-state index is -1.15. The molecule has 0 bridgehead atoms. The number of hydrogen-bond donors (Lipinski definition) is 1. The average molecular weight is 233 g/mol. The maximum atomic E-state index is 13.4. The lowest BCUT2D eigenvalue weighted by Gasteiger charge is -2.05. The molecule has 1 rings (SSSR count). The van der Waals surface area contributed by atoms with Crippen molar-refractivity contribution in [3.8, 4) is 0 Å². The van der Waals surface area contributed by atoms with Gasteiger partial charge in [0, 0.05) is 13.0 Å². The third kappa shape index (κ3) is 2.41. The number of rotatable bonds is 2. The molecule has 0 atom stereocenters. The van der Waals surface area contributed by atoms with Crippen molar-refractivity contribution in [3.63, 3.8) is 0 Å². The lowest BCUT2D eigenvalue weighted by molar-refractivity contribution is -0.387. The SMILES string of the molecule is CC(=O)Nc1c(Cl)ccc([N+](=O)[O-])c1F. The van der Waals surface area contributed by atoms with Crippen LogP contribution in [-0.2, 0) is 4.79 Å². The van der Waals surface area contributed by atoms with Gasteiger partial charge in [-0.1, -0.05) is 11.6 Å². The van der Waals surface area contributed by atoms with Crippen LogP contribution in [0.5, 0.6) is 0 Å². The number of amides is 1. The van der Waals surface area contributed by atoms with Crippen molar-refractivity contribution in [2.24, 2.45) is 0 Å². The Morgan fingerprint density at radius 2 is 2.20 bits per heavy atom. The molecule has 7 heteroatoms. The Morgan fingerprint density at radius 3 is 2.67 bits per heavy atom. The van der Waals surface area contributed by atoms with E-state index in [1.165, 1.54) is 0 Å². The number of nitro groups is 1. The molecule has 0 saturated carbocycles. The maximum Gasteiger partial charge on any atom is 0.307 e.